The molecule has 0 heterocycles. The van der Waals surface area contributed by atoms with Crippen molar-refractivity contribution in [2.24, 2.45) is 0 Å². The van der Waals surface area contributed by atoms with Crippen LogP contribution in [0.2, 0.25) is 0 Å². The molecule has 3 aromatic rings. The quantitative estimate of drug-likeness (QED) is 0.667. The molecule has 0 aliphatic rings. The number of rotatable bonds is 3. The van der Waals surface area contributed by atoms with Crippen LogP contribution in [0.15, 0.2) is 60.7 Å². The van der Waals surface area contributed by atoms with E-state index >= 15 is 0 Å². The van der Waals surface area contributed by atoms with Crippen molar-refractivity contribution in [1.29, 1.82) is 0 Å². The lowest BCUT2D eigenvalue weighted by molar-refractivity contribution is 0.0463. The van der Waals surface area contributed by atoms with Crippen molar-refractivity contribution in [3.05, 3.63) is 83.4 Å². The van der Waals surface area contributed by atoms with E-state index in [2.05, 4.69) is 0 Å². The number of esters is 1. The van der Waals surface area contributed by atoms with Gasteiger partial charge in [0.1, 0.15) is 23.8 Å². The molecule has 0 saturated carbocycles. The predicted octanol–water partition coefficient (Wildman–Crippen LogP) is 4.48. The van der Waals surface area contributed by atoms with E-state index in [0.717, 1.165) is 28.5 Å². The summed E-state index contributed by atoms with van der Waals surface area (Å²) in [6, 6.07) is 16.5. The second-order valence-corrected chi connectivity index (χ2v) is 4.81. The van der Waals surface area contributed by atoms with E-state index in [-0.39, 0.29) is 6.61 Å². The topological polar surface area (TPSA) is 26.3 Å². The van der Waals surface area contributed by atoms with Crippen LogP contribution in [0.1, 0.15) is 15.9 Å². The van der Waals surface area contributed by atoms with Crippen molar-refractivity contribution in [3.8, 4) is 0 Å². The first kappa shape index (κ1) is 14.2. The second kappa shape index (κ2) is 5.93. The summed E-state index contributed by atoms with van der Waals surface area (Å²) in [7, 11) is 0. The summed E-state index contributed by atoms with van der Waals surface area (Å²) in [5, 5.41) is 1.94. The van der Waals surface area contributed by atoms with E-state index in [1.807, 2.05) is 42.5 Å². The number of fused-ring (bicyclic) bond motifs is 1. The summed E-state index contributed by atoms with van der Waals surface area (Å²) in [4.78, 5) is 11.9. The Bertz CT molecular complexity index is 818. The molecule has 0 saturated heterocycles. The van der Waals surface area contributed by atoms with E-state index in [1.165, 1.54) is 6.07 Å². The average molecular weight is 298 g/mol. The first-order valence-electron chi connectivity index (χ1n) is 6.74. The van der Waals surface area contributed by atoms with Gasteiger partial charge in [0, 0.05) is 0 Å². The van der Waals surface area contributed by atoms with Crippen LogP contribution in [-0.4, -0.2) is 5.97 Å². The van der Waals surface area contributed by atoms with Gasteiger partial charge in [-0.25, -0.2) is 13.6 Å². The third-order valence-corrected chi connectivity index (χ3v) is 3.41. The minimum atomic E-state index is -1.01. The van der Waals surface area contributed by atoms with Crippen LogP contribution >= 0.6 is 0 Å². The molecule has 3 rings (SSSR count). The molecule has 110 valence electrons. The van der Waals surface area contributed by atoms with Crippen LogP contribution < -0.4 is 0 Å². The molecule has 0 unspecified atom stereocenters. The fourth-order valence-corrected chi connectivity index (χ4v) is 2.33. The number of hydrogen-bond acceptors (Lipinski definition) is 2. The Labute approximate surface area is 126 Å². The highest BCUT2D eigenvalue weighted by molar-refractivity contribution is 5.90. The standard InChI is InChI=1S/C18H12F2O2/c19-15-9-4-10-16(20)17(15)18(21)22-11-13-7-3-6-12-5-1-2-8-14(12)13/h1-10H,11H2. The van der Waals surface area contributed by atoms with Gasteiger partial charge in [-0.05, 0) is 28.5 Å². The largest absolute Gasteiger partial charge is 0.457 e. The Hall–Kier alpha value is -2.75. The zero-order valence-electron chi connectivity index (χ0n) is 11.6. The molecule has 0 fully saturated rings. The fourth-order valence-electron chi connectivity index (χ4n) is 2.33. The number of benzene rings is 3. The monoisotopic (exact) mass is 298 g/mol. The lowest BCUT2D eigenvalue weighted by Crippen LogP contribution is -2.10. The normalized spacial score (nSPS) is 10.6. The molecule has 0 N–H and O–H groups in total. The number of carbonyl (C=O) groups excluding carboxylic acids is 1. The molecule has 0 atom stereocenters. The van der Waals surface area contributed by atoms with Crippen molar-refractivity contribution in [1.82, 2.24) is 0 Å². The van der Waals surface area contributed by atoms with Gasteiger partial charge in [-0.1, -0.05) is 48.5 Å². The van der Waals surface area contributed by atoms with Crippen LogP contribution in [-0.2, 0) is 11.3 Å². The van der Waals surface area contributed by atoms with Crippen molar-refractivity contribution >= 4 is 16.7 Å². The van der Waals surface area contributed by atoms with Gasteiger partial charge in [-0.2, -0.15) is 0 Å². The first-order chi connectivity index (χ1) is 10.7. The third kappa shape index (κ3) is 2.68. The Morgan fingerprint density at radius 2 is 1.50 bits per heavy atom. The molecule has 0 radical (unpaired) electrons. The van der Waals surface area contributed by atoms with Gasteiger partial charge in [0.05, 0.1) is 0 Å². The first-order valence-corrected chi connectivity index (χ1v) is 6.74. The summed E-state index contributed by atoms with van der Waals surface area (Å²) < 4.78 is 32.1. The Morgan fingerprint density at radius 3 is 2.27 bits per heavy atom. The van der Waals surface area contributed by atoms with Gasteiger partial charge in [0.2, 0.25) is 0 Å². The number of carbonyl (C=O) groups is 1. The van der Waals surface area contributed by atoms with Gasteiger partial charge >= 0.3 is 5.97 Å². The Morgan fingerprint density at radius 1 is 0.864 bits per heavy atom. The van der Waals surface area contributed by atoms with Gasteiger partial charge < -0.3 is 4.74 Å². The smallest absolute Gasteiger partial charge is 0.344 e. The third-order valence-electron chi connectivity index (χ3n) is 3.41. The number of halogens is 2. The Balaban J connectivity index is 1.84. The fraction of sp³-hybridized carbons (Fsp3) is 0.0556. The minimum Gasteiger partial charge on any atom is -0.457 e. The molecular formula is C18H12F2O2. The van der Waals surface area contributed by atoms with Gasteiger partial charge in [-0.3, -0.25) is 0 Å². The molecule has 0 aliphatic carbocycles. The lowest BCUT2D eigenvalue weighted by atomic mass is 10.1. The van der Waals surface area contributed by atoms with Gasteiger partial charge in [0.25, 0.3) is 0 Å². The van der Waals surface area contributed by atoms with Crippen LogP contribution in [0.5, 0.6) is 0 Å². The van der Waals surface area contributed by atoms with Gasteiger partial charge in [-0.15, -0.1) is 0 Å². The van der Waals surface area contributed by atoms with Crippen molar-refractivity contribution in [2.75, 3.05) is 0 Å². The SMILES string of the molecule is O=C(OCc1cccc2ccccc12)c1c(F)cccc1F. The maximum atomic E-state index is 13.5. The highest BCUT2D eigenvalue weighted by atomic mass is 19.1. The summed E-state index contributed by atoms with van der Waals surface area (Å²) in [5.74, 6) is -2.87. The highest BCUT2D eigenvalue weighted by Crippen LogP contribution is 2.20. The zero-order valence-corrected chi connectivity index (χ0v) is 11.6. The number of ether oxygens (including phenoxy) is 1. The molecule has 0 amide bonds. The summed E-state index contributed by atoms with van der Waals surface area (Å²) in [5.41, 5.74) is 0.117. The second-order valence-electron chi connectivity index (χ2n) is 4.81. The molecule has 0 spiro atoms. The molecule has 0 bridgehead atoms. The van der Waals surface area contributed by atoms with Gasteiger partial charge in [0.15, 0.2) is 0 Å². The van der Waals surface area contributed by atoms with E-state index in [1.54, 1.807) is 0 Å². The summed E-state index contributed by atoms with van der Waals surface area (Å²) in [6.45, 7) is -0.0477. The van der Waals surface area contributed by atoms with Crippen LogP contribution in [0.3, 0.4) is 0 Å². The van der Waals surface area contributed by atoms with Crippen LogP contribution in [0.4, 0.5) is 8.78 Å². The Kier molecular flexibility index (Phi) is 3.83. The average Bonchev–Trinajstić information content (AvgIpc) is 2.52. The minimum absolute atomic E-state index is 0.0477. The van der Waals surface area contributed by atoms with Crippen molar-refractivity contribution in [2.45, 2.75) is 6.61 Å². The van der Waals surface area contributed by atoms with Crippen molar-refractivity contribution in [3.63, 3.8) is 0 Å². The molecule has 2 nitrogen and oxygen atoms in total. The van der Waals surface area contributed by atoms with E-state index in [9.17, 15) is 13.6 Å². The van der Waals surface area contributed by atoms with E-state index in [0.29, 0.717) is 0 Å². The van der Waals surface area contributed by atoms with Crippen LogP contribution in [0, 0.1) is 11.6 Å². The number of hydrogen-bond donors (Lipinski definition) is 0. The molecule has 4 heteroatoms. The maximum Gasteiger partial charge on any atom is 0.344 e. The molecule has 0 aliphatic heterocycles. The highest BCUT2D eigenvalue weighted by Gasteiger charge is 2.18. The van der Waals surface area contributed by atoms with Crippen LogP contribution in [0.25, 0.3) is 10.8 Å². The maximum absolute atomic E-state index is 13.5. The molecule has 0 aromatic heterocycles. The molecule has 22 heavy (non-hydrogen) atoms. The lowest BCUT2D eigenvalue weighted by Gasteiger charge is -2.09. The molecular weight excluding hydrogens is 286 g/mol. The predicted molar refractivity (Wildman–Crippen MR) is 79.4 cm³/mol. The van der Waals surface area contributed by atoms with E-state index in [4.69, 9.17) is 4.74 Å². The zero-order chi connectivity index (χ0) is 15.5. The summed E-state index contributed by atoms with van der Waals surface area (Å²) >= 11 is 0. The van der Waals surface area contributed by atoms with E-state index < -0.39 is 23.2 Å². The summed E-state index contributed by atoms with van der Waals surface area (Å²) in [6.07, 6.45) is 0. The van der Waals surface area contributed by atoms with Crippen molar-refractivity contribution < 1.29 is 18.3 Å². The molecule has 3 aromatic carbocycles.